The van der Waals surface area contributed by atoms with Crippen molar-refractivity contribution in [3.05, 3.63) is 45.7 Å². The standard InChI is InChI=1S/C17H17N3O2S2/c1-11-19-17(13-4-3-9-23-13)14(24-11)6-7-15(21)20-12-5-8-16(22-2)18-10-12/h3-5,8-10H,6-7H2,1-2H3,(H,20,21). The van der Waals surface area contributed by atoms with Crippen molar-refractivity contribution in [2.24, 2.45) is 0 Å². The molecule has 0 aromatic carbocycles. The van der Waals surface area contributed by atoms with Crippen molar-refractivity contribution in [1.29, 1.82) is 0 Å². The van der Waals surface area contributed by atoms with Crippen LogP contribution >= 0.6 is 22.7 Å². The summed E-state index contributed by atoms with van der Waals surface area (Å²) in [6.45, 7) is 1.99. The van der Waals surface area contributed by atoms with Crippen LogP contribution in [0.2, 0.25) is 0 Å². The molecular weight excluding hydrogens is 342 g/mol. The third kappa shape index (κ3) is 3.98. The Kier molecular flexibility index (Phi) is 5.22. The van der Waals surface area contributed by atoms with Gasteiger partial charge in [-0.3, -0.25) is 4.79 Å². The molecule has 0 unspecified atom stereocenters. The minimum Gasteiger partial charge on any atom is -0.481 e. The summed E-state index contributed by atoms with van der Waals surface area (Å²) in [4.78, 5) is 23.1. The Bertz CT molecular complexity index is 811. The summed E-state index contributed by atoms with van der Waals surface area (Å²) in [6, 6.07) is 7.57. The summed E-state index contributed by atoms with van der Waals surface area (Å²) in [5.41, 5.74) is 1.67. The molecule has 0 fully saturated rings. The monoisotopic (exact) mass is 359 g/mol. The fourth-order valence-electron chi connectivity index (χ4n) is 2.27. The summed E-state index contributed by atoms with van der Waals surface area (Å²) in [5, 5.41) is 5.91. The van der Waals surface area contributed by atoms with Gasteiger partial charge in [-0.1, -0.05) is 6.07 Å². The lowest BCUT2D eigenvalue weighted by molar-refractivity contribution is -0.116. The number of thiazole rings is 1. The van der Waals surface area contributed by atoms with E-state index in [1.165, 1.54) is 0 Å². The van der Waals surface area contributed by atoms with Crippen molar-refractivity contribution in [3.8, 4) is 16.5 Å². The number of nitrogens with zero attached hydrogens (tertiary/aromatic N) is 2. The van der Waals surface area contributed by atoms with Gasteiger partial charge in [0.15, 0.2) is 0 Å². The summed E-state index contributed by atoms with van der Waals surface area (Å²) in [7, 11) is 1.56. The fraction of sp³-hybridized carbons (Fsp3) is 0.235. The van der Waals surface area contributed by atoms with Crippen LogP contribution in [0.15, 0.2) is 35.8 Å². The first-order valence-corrected chi connectivity index (χ1v) is 9.15. The average molecular weight is 359 g/mol. The van der Waals surface area contributed by atoms with Gasteiger partial charge in [-0.2, -0.15) is 0 Å². The van der Waals surface area contributed by atoms with E-state index in [0.29, 0.717) is 24.4 Å². The van der Waals surface area contributed by atoms with Crippen LogP contribution in [0.1, 0.15) is 16.3 Å². The fourth-order valence-corrected chi connectivity index (χ4v) is 4.03. The molecule has 3 aromatic heterocycles. The number of anilines is 1. The Morgan fingerprint density at radius 3 is 2.88 bits per heavy atom. The van der Waals surface area contributed by atoms with Gasteiger partial charge in [0.25, 0.3) is 0 Å². The number of aromatic nitrogens is 2. The quantitative estimate of drug-likeness (QED) is 0.718. The van der Waals surface area contributed by atoms with E-state index in [1.807, 2.05) is 18.4 Å². The first kappa shape index (κ1) is 16.6. The minimum atomic E-state index is -0.0369. The van der Waals surface area contributed by atoms with E-state index in [1.54, 1.807) is 48.1 Å². The zero-order valence-electron chi connectivity index (χ0n) is 13.4. The van der Waals surface area contributed by atoms with Gasteiger partial charge in [-0.25, -0.2) is 9.97 Å². The van der Waals surface area contributed by atoms with Crippen LogP contribution in [0.25, 0.3) is 10.6 Å². The molecular formula is C17H17N3O2S2. The Hall–Kier alpha value is -2.25. The van der Waals surface area contributed by atoms with E-state index in [2.05, 4.69) is 21.4 Å². The number of carbonyl (C=O) groups excluding carboxylic acids is 1. The molecule has 3 rings (SSSR count). The second kappa shape index (κ2) is 7.55. The maximum atomic E-state index is 12.2. The van der Waals surface area contributed by atoms with Gasteiger partial charge < -0.3 is 10.1 Å². The molecule has 0 saturated heterocycles. The number of pyridine rings is 1. The topological polar surface area (TPSA) is 64.1 Å². The Balaban J connectivity index is 1.62. The molecule has 3 aromatic rings. The number of ether oxygens (including phenoxy) is 1. The minimum absolute atomic E-state index is 0.0369. The predicted molar refractivity (Wildman–Crippen MR) is 97.9 cm³/mol. The van der Waals surface area contributed by atoms with Crippen LogP contribution in [0.5, 0.6) is 5.88 Å². The van der Waals surface area contributed by atoms with E-state index < -0.39 is 0 Å². The van der Waals surface area contributed by atoms with Crippen LogP contribution in [-0.2, 0) is 11.2 Å². The SMILES string of the molecule is COc1ccc(NC(=O)CCc2sc(C)nc2-c2cccs2)cn1. The van der Waals surface area contributed by atoms with Crippen molar-refractivity contribution in [1.82, 2.24) is 9.97 Å². The number of hydrogen-bond donors (Lipinski definition) is 1. The molecule has 0 aliphatic rings. The molecule has 0 radical (unpaired) electrons. The zero-order valence-corrected chi connectivity index (χ0v) is 15.0. The van der Waals surface area contributed by atoms with Crippen LogP contribution in [0.3, 0.4) is 0 Å². The highest BCUT2D eigenvalue weighted by Crippen LogP contribution is 2.32. The van der Waals surface area contributed by atoms with Crippen LogP contribution in [-0.4, -0.2) is 23.0 Å². The summed E-state index contributed by atoms with van der Waals surface area (Å²) in [6.07, 6.45) is 2.67. The Morgan fingerprint density at radius 2 is 2.21 bits per heavy atom. The highest BCUT2D eigenvalue weighted by atomic mass is 32.1. The third-order valence-corrected chi connectivity index (χ3v) is 5.27. The van der Waals surface area contributed by atoms with Gasteiger partial charge in [0.1, 0.15) is 0 Å². The first-order valence-electron chi connectivity index (χ1n) is 7.46. The molecule has 124 valence electrons. The number of thiophene rings is 1. The lowest BCUT2D eigenvalue weighted by atomic mass is 10.2. The average Bonchev–Trinajstić information content (AvgIpc) is 3.23. The second-order valence-electron chi connectivity index (χ2n) is 5.12. The molecule has 0 atom stereocenters. The number of nitrogens with one attached hydrogen (secondary N) is 1. The summed E-state index contributed by atoms with van der Waals surface area (Å²) < 4.78 is 5.00. The molecule has 0 aliphatic carbocycles. The molecule has 3 heterocycles. The molecule has 1 amide bonds. The smallest absolute Gasteiger partial charge is 0.224 e. The maximum Gasteiger partial charge on any atom is 0.224 e. The van der Waals surface area contributed by atoms with Gasteiger partial charge in [0.05, 0.1) is 34.6 Å². The number of rotatable bonds is 6. The lowest BCUT2D eigenvalue weighted by Gasteiger charge is -2.05. The van der Waals surface area contributed by atoms with Gasteiger partial charge in [-0.05, 0) is 30.9 Å². The molecule has 0 spiro atoms. The van der Waals surface area contributed by atoms with Crippen molar-refractivity contribution in [2.75, 3.05) is 12.4 Å². The molecule has 0 saturated carbocycles. The molecule has 0 bridgehead atoms. The first-order chi connectivity index (χ1) is 11.7. The van der Waals surface area contributed by atoms with Crippen LogP contribution in [0, 0.1) is 6.92 Å². The van der Waals surface area contributed by atoms with Gasteiger partial charge in [-0.15, -0.1) is 22.7 Å². The number of methoxy groups -OCH3 is 1. The number of amides is 1. The lowest BCUT2D eigenvalue weighted by Crippen LogP contribution is -2.12. The Morgan fingerprint density at radius 1 is 1.33 bits per heavy atom. The van der Waals surface area contributed by atoms with Crippen molar-refractivity contribution >= 4 is 34.3 Å². The van der Waals surface area contributed by atoms with Crippen molar-refractivity contribution in [3.63, 3.8) is 0 Å². The van der Waals surface area contributed by atoms with E-state index in [9.17, 15) is 4.79 Å². The van der Waals surface area contributed by atoms with Gasteiger partial charge in [0, 0.05) is 17.4 Å². The molecule has 1 N–H and O–H groups in total. The normalized spacial score (nSPS) is 10.6. The molecule has 7 heteroatoms. The maximum absolute atomic E-state index is 12.2. The van der Waals surface area contributed by atoms with E-state index in [0.717, 1.165) is 20.5 Å². The highest BCUT2D eigenvalue weighted by molar-refractivity contribution is 7.15. The van der Waals surface area contributed by atoms with E-state index >= 15 is 0 Å². The summed E-state index contributed by atoms with van der Waals surface area (Å²) >= 11 is 3.32. The van der Waals surface area contributed by atoms with Crippen molar-refractivity contribution < 1.29 is 9.53 Å². The van der Waals surface area contributed by atoms with Gasteiger partial charge in [0.2, 0.25) is 11.8 Å². The highest BCUT2D eigenvalue weighted by Gasteiger charge is 2.14. The second-order valence-corrected chi connectivity index (χ2v) is 7.35. The number of aryl methyl sites for hydroxylation is 2. The largest absolute Gasteiger partial charge is 0.481 e. The summed E-state index contributed by atoms with van der Waals surface area (Å²) in [5.74, 6) is 0.485. The van der Waals surface area contributed by atoms with Crippen LogP contribution in [0.4, 0.5) is 5.69 Å². The molecule has 0 aliphatic heterocycles. The van der Waals surface area contributed by atoms with Crippen molar-refractivity contribution in [2.45, 2.75) is 19.8 Å². The Labute approximate surface area is 148 Å². The van der Waals surface area contributed by atoms with Crippen LogP contribution < -0.4 is 10.1 Å². The molecule has 5 nitrogen and oxygen atoms in total. The predicted octanol–water partition coefficient (Wildman–Crippen LogP) is 4.15. The van der Waals surface area contributed by atoms with E-state index in [-0.39, 0.29) is 5.91 Å². The number of carbonyl (C=O) groups is 1. The van der Waals surface area contributed by atoms with E-state index in [4.69, 9.17) is 4.74 Å². The number of hydrogen-bond acceptors (Lipinski definition) is 6. The third-order valence-electron chi connectivity index (χ3n) is 3.37. The zero-order chi connectivity index (χ0) is 16.9. The molecule has 24 heavy (non-hydrogen) atoms. The van der Waals surface area contributed by atoms with Gasteiger partial charge >= 0.3 is 0 Å².